The molecule has 16 heavy (non-hydrogen) atoms. The van der Waals surface area contributed by atoms with Crippen molar-refractivity contribution in [3.8, 4) is 0 Å². The van der Waals surface area contributed by atoms with Crippen LogP contribution in [0.4, 0.5) is 0 Å². The SMILES string of the molecule is Cc1cc(Br)cc(C(=O)NOCC(N)=O)c1. The molecule has 6 heteroatoms. The summed E-state index contributed by atoms with van der Waals surface area (Å²) in [5, 5.41) is 0. The number of carbonyl (C=O) groups is 2. The van der Waals surface area contributed by atoms with Crippen molar-refractivity contribution >= 4 is 27.7 Å². The van der Waals surface area contributed by atoms with Crippen LogP contribution < -0.4 is 11.2 Å². The Labute approximate surface area is 101 Å². The van der Waals surface area contributed by atoms with Crippen molar-refractivity contribution in [2.45, 2.75) is 6.92 Å². The van der Waals surface area contributed by atoms with Crippen LogP contribution >= 0.6 is 15.9 Å². The zero-order valence-corrected chi connectivity index (χ0v) is 10.2. The maximum atomic E-state index is 11.5. The highest BCUT2D eigenvalue weighted by Gasteiger charge is 2.07. The standard InChI is InChI=1S/C10H11BrN2O3/c1-6-2-7(4-8(11)3-6)10(15)13-16-5-9(12)14/h2-4H,5H2,1H3,(H2,12,14)(H,13,15). The second-order valence-corrected chi connectivity index (χ2v) is 4.12. The summed E-state index contributed by atoms with van der Waals surface area (Å²) in [5.74, 6) is -1.07. The number of hydrogen-bond donors (Lipinski definition) is 2. The lowest BCUT2D eigenvalue weighted by molar-refractivity contribution is -0.124. The van der Waals surface area contributed by atoms with Crippen LogP contribution in [0.3, 0.4) is 0 Å². The number of benzene rings is 1. The van der Waals surface area contributed by atoms with E-state index in [0.29, 0.717) is 5.56 Å². The van der Waals surface area contributed by atoms with Crippen molar-refractivity contribution in [2.24, 2.45) is 5.73 Å². The molecular weight excluding hydrogens is 276 g/mol. The highest BCUT2D eigenvalue weighted by molar-refractivity contribution is 9.10. The van der Waals surface area contributed by atoms with Crippen LogP contribution in [0, 0.1) is 6.92 Å². The van der Waals surface area contributed by atoms with Gasteiger partial charge in [-0.05, 0) is 30.7 Å². The summed E-state index contributed by atoms with van der Waals surface area (Å²) >= 11 is 3.28. The van der Waals surface area contributed by atoms with Crippen LogP contribution in [0.1, 0.15) is 15.9 Å². The predicted molar refractivity (Wildman–Crippen MR) is 61.5 cm³/mol. The Balaban J connectivity index is 2.62. The molecule has 0 aromatic heterocycles. The number of hydroxylamine groups is 1. The number of rotatable bonds is 4. The van der Waals surface area contributed by atoms with E-state index in [2.05, 4.69) is 26.2 Å². The predicted octanol–water partition coefficient (Wildman–Crippen LogP) is 0.904. The molecule has 3 N–H and O–H groups in total. The Morgan fingerprint density at radius 2 is 2.12 bits per heavy atom. The highest BCUT2D eigenvalue weighted by Crippen LogP contribution is 2.15. The second-order valence-electron chi connectivity index (χ2n) is 3.20. The molecule has 0 aliphatic carbocycles. The fraction of sp³-hybridized carbons (Fsp3) is 0.200. The van der Waals surface area contributed by atoms with Gasteiger partial charge in [-0.1, -0.05) is 15.9 Å². The summed E-state index contributed by atoms with van der Waals surface area (Å²) in [5.41, 5.74) is 8.35. The van der Waals surface area contributed by atoms with Gasteiger partial charge in [-0.3, -0.25) is 14.4 Å². The molecular formula is C10H11BrN2O3. The van der Waals surface area contributed by atoms with E-state index in [1.54, 1.807) is 12.1 Å². The van der Waals surface area contributed by atoms with E-state index in [4.69, 9.17) is 5.73 Å². The Bertz CT molecular complexity index is 400. The largest absolute Gasteiger partial charge is 0.368 e. The molecule has 86 valence electrons. The minimum atomic E-state index is -0.647. The average molecular weight is 287 g/mol. The molecule has 0 saturated heterocycles. The van der Waals surface area contributed by atoms with Crippen LogP contribution in [0.25, 0.3) is 0 Å². The first-order chi connectivity index (χ1) is 7.49. The van der Waals surface area contributed by atoms with Crippen molar-refractivity contribution in [1.29, 1.82) is 0 Å². The van der Waals surface area contributed by atoms with E-state index in [0.717, 1.165) is 10.0 Å². The van der Waals surface area contributed by atoms with Gasteiger partial charge in [0.05, 0.1) is 0 Å². The first-order valence-electron chi connectivity index (χ1n) is 4.46. The zero-order chi connectivity index (χ0) is 12.1. The summed E-state index contributed by atoms with van der Waals surface area (Å²) in [6.07, 6.45) is 0. The number of aryl methyl sites for hydroxylation is 1. The molecule has 0 aliphatic rings. The van der Waals surface area contributed by atoms with E-state index >= 15 is 0 Å². The fourth-order valence-electron chi connectivity index (χ4n) is 1.10. The molecule has 5 nitrogen and oxygen atoms in total. The lowest BCUT2D eigenvalue weighted by atomic mass is 10.1. The van der Waals surface area contributed by atoms with Gasteiger partial charge in [0, 0.05) is 10.0 Å². The quantitative estimate of drug-likeness (QED) is 0.807. The molecule has 0 aliphatic heterocycles. The summed E-state index contributed by atoms with van der Waals surface area (Å²) in [6, 6.07) is 5.23. The van der Waals surface area contributed by atoms with Crippen molar-refractivity contribution in [3.05, 3.63) is 33.8 Å². The van der Waals surface area contributed by atoms with E-state index in [1.807, 2.05) is 13.0 Å². The first-order valence-corrected chi connectivity index (χ1v) is 5.26. The molecule has 1 aromatic rings. The Hall–Kier alpha value is -1.40. The van der Waals surface area contributed by atoms with Crippen LogP contribution in [0.5, 0.6) is 0 Å². The molecule has 0 radical (unpaired) electrons. The molecule has 0 unspecified atom stereocenters. The van der Waals surface area contributed by atoms with Gasteiger partial charge in [0.2, 0.25) is 5.91 Å². The van der Waals surface area contributed by atoms with Gasteiger partial charge >= 0.3 is 0 Å². The molecule has 0 bridgehead atoms. The third kappa shape index (κ3) is 4.00. The summed E-state index contributed by atoms with van der Waals surface area (Å²) in [7, 11) is 0. The molecule has 0 atom stereocenters. The van der Waals surface area contributed by atoms with Crippen LogP contribution in [-0.4, -0.2) is 18.4 Å². The molecule has 0 spiro atoms. The van der Waals surface area contributed by atoms with Crippen molar-refractivity contribution in [2.75, 3.05) is 6.61 Å². The van der Waals surface area contributed by atoms with Gasteiger partial charge in [-0.15, -0.1) is 0 Å². The number of nitrogens with one attached hydrogen (secondary N) is 1. The van der Waals surface area contributed by atoms with Crippen molar-refractivity contribution in [3.63, 3.8) is 0 Å². The smallest absolute Gasteiger partial charge is 0.274 e. The maximum absolute atomic E-state index is 11.5. The molecule has 0 heterocycles. The molecule has 0 fully saturated rings. The third-order valence-corrected chi connectivity index (χ3v) is 2.14. The fourth-order valence-corrected chi connectivity index (χ4v) is 1.71. The average Bonchev–Trinajstić information content (AvgIpc) is 2.15. The van der Waals surface area contributed by atoms with Crippen molar-refractivity contribution in [1.82, 2.24) is 5.48 Å². The number of halogens is 1. The summed E-state index contributed by atoms with van der Waals surface area (Å²) in [4.78, 5) is 26.5. The first kappa shape index (κ1) is 12.7. The minimum absolute atomic E-state index is 0.348. The van der Waals surface area contributed by atoms with Crippen LogP contribution in [0.2, 0.25) is 0 Å². The van der Waals surface area contributed by atoms with Crippen LogP contribution in [0.15, 0.2) is 22.7 Å². The van der Waals surface area contributed by atoms with E-state index in [-0.39, 0.29) is 6.61 Å². The number of amides is 2. The van der Waals surface area contributed by atoms with E-state index in [9.17, 15) is 9.59 Å². The third-order valence-electron chi connectivity index (χ3n) is 1.68. The second kappa shape index (κ2) is 5.62. The summed E-state index contributed by atoms with van der Waals surface area (Å²) < 4.78 is 0.799. The Kier molecular flexibility index (Phi) is 4.45. The van der Waals surface area contributed by atoms with Gasteiger partial charge in [-0.2, -0.15) is 0 Å². The van der Waals surface area contributed by atoms with Gasteiger partial charge in [0.15, 0.2) is 6.61 Å². The zero-order valence-electron chi connectivity index (χ0n) is 8.62. The van der Waals surface area contributed by atoms with Gasteiger partial charge in [0.1, 0.15) is 0 Å². The maximum Gasteiger partial charge on any atom is 0.274 e. The summed E-state index contributed by atoms with van der Waals surface area (Å²) in [6.45, 7) is 1.52. The molecule has 2 amide bonds. The molecule has 0 saturated carbocycles. The lowest BCUT2D eigenvalue weighted by Crippen LogP contribution is -2.29. The van der Waals surface area contributed by atoms with Gasteiger partial charge in [-0.25, -0.2) is 5.48 Å². The van der Waals surface area contributed by atoms with Crippen LogP contribution in [-0.2, 0) is 9.63 Å². The van der Waals surface area contributed by atoms with E-state index in [1.165, 1.54) is 0 Å². The molecule has 1 aromatic carbocycles. The number of carbonyl (C=O) groups excluding carboxylic acids is 2. The topological polar surface area (TPSA) is 81.4 Å². The lowest BCUT2D eigenvalue weighted by Gasteiger charge is -2.05. The van der Waals surface area contributed by atoms with Gasteiger partial charge in [0.25, 0.3) is 5.91 Å². The van der Waals surface area contributed by atoms with Gasteiger partial charge < -0.3 is 5.73 Å². The normalized spacial score (nSPS) is 9.88. The van der Waals surface area contributed by atoms with E-state index < -0.39 is 11.8 Å². The number of hydrogen-bond acceptors (Lipinski definition) is 3. The monoisotopic (exact) mass is 286 g/mol. The molecule has 1 rings (SSSR count). The number of nitrogens with two attached hydrogens (primary N) is 1. The highest BCUT2D eigenvalue weighted by atomic mass is 79.9. The number of primary amides is 1. The minimum Gasteiger partial charge on any atom is -0.368 e. The Morgan fingerprint density at radius 3 is 2.69 bits per heavy atom. The Morgan fingerprint density at radius 1 is 1.44 bits per heavy atom. The van der Waals surface area contributed by atoms with Crippen molar-refractivity contribution < 1.29 is 14.4 Å².